The molecule has 0 unspecified atom stereocenters. The third kappa shape index (κ3) is 8.42. The van der Waals surface area contributed by atoms with Crippen molar-refractivity contribution in [3.63, 3.8) is 0 Å². The molecular formula is C17H23F3N2O3. The maximum Gasteiger partial charge on any atom is 0.422 e. The van der Waals surface area contributed by atoms with Gasteiger partial charge in [0.25, 0.3) is 0 Å². The van der Waals surface area contributed by atoms with Gasteiger partial charge >= 0.3 is 6.18 Å². The van der Waals surface area contributed by atoms with Crippen molar-refractivity contribution in [2.45, 2.75) is 39.8 Å². The van der Waals surface area contributed by atoms with Gasteiger partial charge in [-0.3, -0.25) is 9.59 Å². The monoisotopic (exact) mass is 360 g/mol. The first-order valence-electron chi connectivity index (χ1n) is 7.86. The lowest BCUT2D eigenvalue weighted by molar-refractivity contribution is -0.153. The molecule has 0 aliphatic rings. The molecule has 25 heavy (non-hydrogen) atoms. The average Bonchev–Trinajstić information content (AvgIpc) is 2.48. The van der Waals surface area contributed by atoms with E-state index < -0.39 is 18.2 Å². The Morgan fingerprint density at radius 1 is 1.12 bits per heavy atom. The van der Waals surface area contributed by atoms with Crippen LogP contribution in [0.25, 0.3) is 0 Å². The zero-order valence-corrected chi connectivity index (χ0v) is 14.5. The first-order chi connectivity index (χ1) is 11.5. The van der Waals surface area contributed by atoms with Crippen molar-refractivity contribution in [1.82, 2.24) is 5.32 Å². The number of carbonyl (C=O) groups excluding carboxylic acids is 2. The van der Waals surface area contributed by atoms with Crippen LogP contribution >= 0.6 is 0 Å². The van der Waals surface area contributed by atoms with Crippen molar-refractivity contribution < 1.29 is 27.5 Å². The number of hydrogen-bond acceptors (Lipinski definition) is 3. The topological polar surface area (TPSA) is 67.4 Å². The summed E-state index contributed by atoms with van der Waals surface area (Å²) in [4.78, 5) is 23.6. The summed E-state index contributed by atoms with van der Waals surface area (Å²) >= 11 is 0. The lowest BCUT2D eigenvalue weighted by Crippen LogP contribution is -2.35. The molecule has 1 aromatic carbocycles. The number of rotatable bonds is 7. The third-order valence-electron chi connectivity index (χ3n) is 3.10. The predicted octanol–water partition coefficient (Wildman–Crippen LogP) is 3.51. The number of benzene rings is 1. The molecule has 0 spiro atoms. The smallest absolute Gasteiger partial charge is 0.422 e. The molecule has 0 aliphatic heterocycles. The van der Waals surface area contributed by atoms with E-state index in [2.05, 4.69) is 10.6 Å². The van der Waals surface area contributed by atoms with Gasteiger partial charge in [0.15, 0.2) is 6.61 Å². The van der Waals surface area contributed by atoms with E-state index in [0.717, 1.165) is 0 Å². The molecule has 0 saturated heterocycles. The highest BCUT2D eigenvalue weighted by Gasteiger charge is 2.28. The summed E-state index contributed by atoms with van der Waals surface area (Å²) in [5.74, 6) is -0.527. The minimum atomic E-state index is -4.46. The summed E-state index contributed by atoms with van der Waals surface area (Å²) < 4.78 is 41.4. The number of para-hydroxylation sites is 2. The van der Waals surface area contributed by atoms with Crippen molar-refractivity contribution in [3.8, 4) is 5.75 Å². The molecule has 0 saturated carbocycles. The molecule has 0 heterocycles. The highest BCUT2D eigenvalue weighted by Crippen LogP contribution is 2.26. The summed E-state index contributed by atoms with van der Waals surface area (Å²) in [6.45, 7) is 4.27. The van der Waals surface area contributed by atoms with E-state index in [1.165, 1.54) is 18.2 Å². The molecule has 2 N–H and O–H groups in total. The molecule has 1 aromatic rings. The summed E-state index contributed by atoms with van der Waals surface area (Å²) in [7, 11) is 0. The van der Waals surface area contributed by atoms with Gasteiger partial charge in [-0.2, -0.15) is 13.2 Å². The van der Waals surface area contributed by atoms with Crippen LogP contribution in [-0.4, -0.2) is 31.1 Å². The van der Waals surface area contributed by atoms with E-state index >= 15 is 0 Å². The highest BCUT2D eigenvalue weighted by atomic mass is 19.4. The molecule has 1 rings (SSSR count). The van der Waals surface area contributed by atoms with E-state index in [9.17, 15) is 22.8 Å². The minimum Gasteiger partial charge on any atom is -0.482 e. The Labute approximate surface area is 144 Å². The van der Waals surface area contributed by atoms with E-state index in [1.807, 2.05) is 0 Å². The fourth-order valence-corrected chi connectivity index (χ4v) is 1.78. The van der Waals surface area contributed by atoms with Crippen LogP contribution in [0.2, 0.25) is 0 Å². The number of nitrogens with one attached hydrogen (secondary N) is 2. The zero-order chi connectivity index (χ0) is 19.1. The Kier molecular flexibility index (Phi) is 7.26. The quantitative estimate of drug-likeness (QED) is 0.731. The summed E-state index contributed by atoms with van der Waals surface area (Å²) in [5.41, 5.74) is -0.327. The van der Waals surface area contributed by atoms with E-state index in [-0.39, 0.29) is 29.7 Å². The van der Waals surface area contributed by atoms with Crippen LogP contribution in [0.3, 0.4) is 0 Å². The van der Waals surface area contributed by atoms with Crippen molar-refractivity contribution in [1.29, 1.82) is 0 Å². The van der Waals surface area contributed by atoms with Crippen LogP contribution in [0, 0.1) is 5.41 Å². The predicted molar refractivity (Wildman–Crippen MR) is 88.3 cm³/mol. The first kappa shape index (κ1) is 20.8. The lowest BCUT2D eigenvalue weighted by atomic mass is 9.96. The van der Waals surface area contributed by atoms with Gasteiger partial charge in [-0.05, 0) is 18.6 Å². The molecule has 2 amide bonds. The van der Waals surface area contributed by atoms with Crippen molar-refractivity contribution in [2.24, 2.45) is 5.41 Å². The number of hydrogen-bond donors (Lipinski definition) is 2. The second-order valence-corrected chi connectivity index (χ2v) is 6.56. The Hall–Kier alpha value is -2.25. The van der Waals surface area contributed by atoms with Crippen LogP contribution < -0.4 is 15.4 Å². The number of alkyl halides is 3. The Bertz CT molecular complexity index is 596. The Morgan fingerprint density at radius 3 is 2.36 bits per heavy atom. The maximum atomic E-state index is 12.2. The number of halogens is 3. The molecular weight excluding hydrogens is 337 g/mol. The molecule has 0 radical (unpaired) electrons. The van der Waals surface area contributed by atoms with Crippen LogP contribution in [0.4, 0.5) is 18.9 Å². The lowest BCUT2D eigenvalue weighted by Gasteiger charge is -2.17. The van der Waals surface area contributed by atoms with Gasteiger partial charge in [0, 0.05) is 18.4 Å². The van der Waals surface area contributed by atoms with Crippen molar-refractivity contribution >= 4 is 17.5 Å². The van der Waals surface area contributed by atoms with Gasteiger partial charge in [-0.15, -0.1) is 0 Å². The van der Waals surface area contributed by atoms with Crippen LogP contribution in [0.1, 0.15) is 33.6 Å². The molecule has 8 heteroatoms. The number of amides is 2. The van der Waals surface area contributed by atoms with Crippen LogP contribution in [0.5, 0.6) is 5.75 Å². The van der Waals surface area contributed by atoms with Crippen LogP contribution in [0.15, 0.2) is 24.3 Å². The largest absolute Gasteiger partial charge is 0.482 e. The van der Waals surface area contributed by atoms with Crippen molar-refractivity contribution in [2.75, 3.05) is 18.5 Å². The molecule has 0 fully saturated rings. The second kappa shape index (κ2) is 8.73. The second-order valence-electron chi connectivity index (χ2n) is 6.56. The van der Waals surface area contributed by atoms with Gasteiger partial charge < -0.3 is 15.4 Å². The standard InChI is InChI=1S/C17H23F3N2O3/c1-16(2,3)15(24)21-10-6-9-14(23)22-12-7-4-5-8-13(12)25-11-17(18,19)20/h4-5,7-8H,6,9-11H2,1-3H3,(H,21,24)(H,22,23). The van der Waals surface area contributed by atoms with Crippen LogP contribution in [-0.2, 0) is 9.59 Å². The highest BCUT2D eigenvalue weighted by molar-refractivity contribution is 5.92. The summed E-state index contributed by atoms with van der Waals surface area (Å²) in [6, 6.07) is 5.92. The molecule has 5 nitrogen and oxygen atoms in total. The van der Waals surface area contributed by atoms with Gasteiger partial charge in [-0.1, -0.05) is 32.9 Å². The number of carbonyl (C=O) groups is 2. The van der Waals surface area contributed by atoms with E-state index in [4.69, 9.17) is 4.74 Å². The molecule has 0 aliphatic carbocycles. The maximum absolute atomic E-state index is 12.2. The molecule has 140 valence electrons. The third-order valence-corrected chi connectivity index (χ3v) is 3.10. The Morgan fingerprint density at radius 2 is 1.76 bits per heavy atom. The van der Waals surface area contributed by atoms with Gasteiger partial charge in [0.1, 0.15) is 5.75 Å². The van der Waals surface area contributed by atoms with Gasteiger partial charge in [-0.25, -0.2) is 0 Å². The molecule has 0 atom stereocenters. The van der Waals surface area contributed by atoms with Gasteiger partial charge in [0.05, 0.1) is 5.69 Å². The van der Waals surface area contributed by atoms with Gasteiger partial charge in [0.2, 0.25) is 11.8 Å². The molecule has 0 bridgehead atoms. The number of anilines is 1. The molecule has 0 aromatic heterocycles. The fraction of sp³-hybridized carbons (Fsp3) is 0.529. The average molecular weight is 360 g/mol. The van der Waals surface area contributed by atoms with E-state index in [1.54, 1.807) is 26.8 Å². The summed E-state index contributed by atoms with van der Waals surface area (Å²) in [5, 5.41) is 5.24. The van der Waals surface area contributed by atoms with Crippen molar-refractivity contribution in [3.05, 3.63) is 24.3 Å². The first-order valence-corrected chi connectivity index (χ1v) is 7.86. The normalized spacial score (nSPS) is 11.8. The summed E-state index contributed by atoms with van der Waals surface area (Å²) in [6.07, 6.45) is -3.92. The van der Waals surface area contributed by atoms with E-state index in [0.29, 0.717) is 13.0 Å². The SMILES string of the molecule is CC(C)(C)C(=O)NCCCC(=O)Nc1ccccc1OCC(F)(F)F. The number of ether oxygens (including phenoxy) is 1. The minimum absolute atomic E-state index is 0.0470. The Balaban J connectivity index is 2.46. The fourth-order valence-electron chi connectivity index (χ4n) is 1.78. The zero-order valence-electron chi connectivity index (χ0n) is 14.5.